The van der Waals surface area contributed by atoms with Crippen molar-refractivity contribution in [1.82, 2.24) is 9.88 Å². The number of hydrogen-bond donors (Lipinski definition) is 1. The molecule has 0 saturated carbocycles. The number of para-hydroxylation sites is 1. The van der Waals surface area contributed by atoms with E-state index < -0.39 is 0 Å². The summed E-state index contributed by atoms with van der Waals surface area (Å²) in [5.41, 5.74) is 2.70. The molecule has 0 aliphatic rings. The minimum atomic E-state index is 1.02. The van der Waals surface area contributed by atoms with Crippen LogP contribution in [-0.4, -0.2) is 17.7 Å². The number of benzene rings is 1. The molecule has 0 atom stereocenters. The zero-order valence-corrected chi connectivity index (χ0v) is 12.6. The van der Waals surface area contributed by atoms with Crippen LogP contribution in [0.5, 0.6) is 0 Å². The molecule has 0 spiro atoms. The lowest BCUT2D eigenvalue weighted by molar-refractivity contribution is 0.611. The summed E-state index contributed by atoms with van der Waals surface area (Å²) in [6, 6.07) is 12.9. The second-order valence-corrected chi connectivity index (χ2v) is 6.13. The Bertz CT molecular complexity index is 667. The number of fused-ring (bicyclic) bond motifs is 1. The van der Waals surface area contributed by atoms with Gasteiger partial charge < -0.3 is 9.88 Å². The Morgan fingerprint density at radius 3 is 2.85 bits per heavy atom. The highest BCUT2D eigenvalue weighted by molar-refractivity contribution is 7.09. The quantitative estimate of drug-likeness (QED) is 0.680. The predicted octanol–water partition coefficient (Wildman–Crippen LogP) is 3.84. The molecule has 2 aromatic heterocycles. The Hall–Kier alpha value is -1.58. The molecule has 0 aliphatic carbocycles. The van der Waals surface area contributed by atoms with Crippen molar-refractivity contribution in [2.45, 2.75) is 19.9 Å². The Morgan fingerprint density at radius 2 is 2.00 bits per heavy atom. The fraction of sp³-hybridized carbons (Fsp3) is 0.294. The molecule has 3 aromatic rings. The van der Waals surface area contributed by atoms with Crippen LogP contribution >= 0.6 is 11.3 Å². The summed E-state index contributed by atoms with van der Waals surface area (Å²) in [5.74, 6) is 0. The average Bonchev–Trinajstić information content (AvgIpc) is 3.08. The average molecular weight is 284 g/mol. The van der Waals surface area contributed by atoms with Gasteiger partial charge in [-0.3, -0.25) is 0 Å². The van der Waals surface area contributed by atoms with E-state index in [2.05, 4.69) is 64.8 Å². The third-order valence-electron chi connectivity index (χ3n) is 3.65. The molecule has 2 heterocycles. The van der Waals surface area contributed by atoms with E-state index in [1.807, 2.05) is 11.3 Å². The summed E-state index contributed by atoms with van der Waals surface area (Å²) < 4.78 is 2.35. The molecule has 0 radical (unpaired) electrons. The summed E-state index contributed by atoms with van der Waals surface area (Å²) in [5, 5.41) is 7.04. The Balaban J connectivity index is 1.52. The van der Waals surface area contributed by atoms with E-state index in [-0.39, 0.29) is 0 Å². The minimum Gasteiger partial charge on any atom is -0.346 e. The lowest BCUT2D eigenvalue weighted by Crippen LogP contribution is -2.21. The zero-order valence-electron chi connectivity index (χ0n) is 11.8. The van der Waals surface area contributed by atoms with E-state index in [0.717, 1.165) is 26.1 Å². The summed E-state index contributed by atoms with van der Waals surface area (Å²) >= 11 is 1.84. The van der Waals surface area contributed by atoms with Crippen molar-refractivity contribution in [1.29, 1.82) is 0 Å². The molecule has 0 bridgehead atoms. The topological polar surface area (TPSA) is 17.0 Å². The molecule has 0 aliphatic heterocycles. The SMILES string of the molecule is Cc1cn(CCNCCc2cccs2)c2ccccc12. The highest BCUT2D eigenvalue weighted by Crippen LogP contribution is 2.19. The Labute approximate surface area is 124 Å². The number of hydrogen-bond acceptors (Lipinski definition) is 2. The van der Waals surface area contributed by atoms with Crippen LogP contribution in [0.4, 0.5) is 0 Å². The van der Waals surface area contributed by atoms with Crippen molar-refractivity contribution in [3.05, 3.63) is 58.4 Å². The lowest BCUT2D eigenvalue weighted by atomic mass is 10.2. The number of nitrogens with zero attached hydrogens (tertiary/aromatic N) is 1. The molecule has 1 N–H and O–H groups in total. The first-order valence-corrected chi connectivity index (χ1v) is 8.00. The number of aromatic nitrogens is 1. The van der Waals surface area contributed by atoms with Gasteiger partial charge in [0.15, 0.2) is 0 Å². The van der Waals surface area contributed by atoms with Crippen molar-refractivity contribution in [2.75, 3.05) is 13.1 Å². The fourth-order valence-electron chi connectivity index (χ4n) is 2.61. The normalized spacial score (nSPS) is 11.2. The first-order chi connectivity index (χ1) is 9.84. The third kappa shape index (κ3) is 2.94. The van der Waals surface area contributed by atoms with Gasteiger partial charge in [-0.05, 0) is 36.4 Å². The van der Waals surface area contributed by atoms with Crippen molar-refractivity contribution in [3.63, 3.8) is 0 Å². The molecular formula is C17H20N2S. The minimum absolute atomic E-state index is 1.02. The highest BCUT2D eigenvalue weighted by Gasteiger charge is 2.03. The Kier molecular flexibility index (Phi) is 4.19. The van der Waals surface area contributed by atoms with E-state index in [9.17, 15) is 0 Å². The van der Waals surface area contributed by atoms with Crippen LogP contribution in [0.3, 0.4) is 0 Å². The maximum atomic E-state index is 3.53. The van der Waals surface area contributed by atoms with Gasteiger partial charge in [0.2, 0.25) is 0 Å². The molecule has 0 saturated heterocycles. The van der Waals surface area contributed by atoms with Crippen LogP contribution in [-0.2, 0) is 13.0 Å². The molecule has 20 heavy (non-hydrogen) atoms. The summed E-state index contributed by atoms with van der Waals surface area (Å²) in [6.45, 7) is 5.28. The number of rotatable bonds is 6. The van der Waals surface area contributed by atoms with Crippen molar-refractivity contribution < 1.29 is 0 Å². The standard InChI is InChI=1S/C17H20N2S/c1-14-13-19(17-7-3-2-6-16(14)17)11-10-18-9-8-15-5-4-12-20-15/h2-7,12-13,18H,8-11H2,1H3. The van der Waals surface area contributed by atoms with Crippen LogP contribution < -0.4 is 5.32 Å². The van der Waals surface area contributed by atoms with Crippen LogP contribution in [0.2, 0.25) is 0 Å². The number of thiophene rings is 1. The van der Waals surface area contributed by atoms with E-state index in [0.29, 0.717) is 0 Å². The molecule has 104 valence electrons. The fourth-order valence-corrected chi connectivity index (χ4v) is 3.32. The molecule has 3 heteroatoms. The van der Waals surface area contributed by atoms with Gasteiger partial charge in [0, 0.05) is 41.6 Å². The largest absolute Gasteiger partial charge is 0.346 e. The van der Waals surface area contributed by atoms with E-state index in [1.165, 1.54) is 21.3 Å². The van der Waals surface area contributed by atoms with E-state index in [1.54, 1.807) is 0 Å². The van der Waals surface area contributed by atoms with Gasteiger partial charge in [0.05, 0.1) is 0 Å². The molecule has 1 aromatic carbocycles. The van der Waals surface area contributed by atoms with Gasteiger partial charge in [0.1, 0.15) is 0 Å². The maximum Gasteiger partial charge on any atom is 0.0483 e. The molecular weight excluding hydrogens is 264 g/mol. The first kappa shape index (κ1) is 13.4. The van der Waals surface area contributed by atoms with Gasteiger partial charge in [0.25, 0.3) is 0 Å². The van der Waals surface area contributed by atoms with Gasteiger partial charge in [-0.1, -0.05) is 24.3 Å². The predicted molar refractivity (Wildman–Crippen MR) is 87.6 cm³/mol. The Morgan fingerprint density at radius 1 is 1.10 bits per heavy atom. The first-order valence-electron chi connectivity index (χ1n) is 7.12. The van der Waals surface area contributed by atoms with Crippen LogP contribution in [0, 0.1) is 6.92 Å². The van der Waals surface area contributed by atoms with Gasteiger partial charge in [-0.15, -0.1) is 11.3 Å². The molecule has 0 amide bonds. The van der Waals surface area contributed by atoms with Gasteiger partial charge >= 0.3 is 0 Å². The van der Waals surface area contributed by atoms with E-state index >= 15 is 0 Å². The molecule has 3 rings (SSSR count). The highest BCUT2D eigenvalue weighted by atomic mass is 32.1. The van der Waals surface area contributed by atoms with Gasteiger partial charge in [-0.2, -0.15) is 0 Å². The van der Waals surface area contributed by atoms with E-state index in [4.69, 9.17) is 0 Å². The second kappa shape index (κ2) is 6.25. The van der Waals surface area contributed by atoms with Crippen LogP contribution in [0.25, 0.3) is 10.9 Å². The monoisotopic (exact) mass is 284 g/mol. The second-order valence-electron chi connectivity index (χ2n) is 5.10. The molecule has 2 nitrogen and oxygen atoms in total. The summed E-state index contributed by atoms with van der Waals surface area (Å²) in [7, 11) is 0. The van der Waals surface area contributed by atoms with Crippen molar-refractivity contribution in [3.8, 4) is 0 Å². The van der Waals surface area contributed by atoms with Crippen LogP contribution in [0.1, 0.15) is 10.4 Å². The lowest BCUT2D eigenvalue weighted by Gasteiger charge is -2.07. The van der Waals surface area contributed by atoms with Crippen molar-refractivity contribution in [2.24, 2.45) is 0 Å². The number of nitrogens with one attached hydrogen (secondary N) is 1. The summed E-state index contributed by atoms with van der Waals surface area (Å²) in [4.78, 5) is 1.46. The number of aryl methyl sites for hydroxylation is 1. The zero-order chi connectivity index (χ0) is 13.8. The van der Waals surface area contributed by atoms with Gasteiger partial charge in [-0.25, -0.2) is 0 Å². The summed E-state index contributed by atoms with van der Waals surface area (Å²) in [6.07, 6.45) is 3.38. The van der Waals surface area contributed by atoms with Crippen LogP contribution in [0.15, 0.2) is 48.0 Å². The molecule has 0 unspecified atom stereocenters. The third-order valence-corrected chi connectivity index (χ3v) is 4.58. The maximum absolute atomic E-state index is 3.53. The van der Waals surface area contributed by atoms with Crippen molar-refractivity contribution >= 4 is 22.2 Å². The molecule has 0 fully saturated rings. The smallest absolute Gasteiger partial charge is 0.0483 e.